The van der Waals surface area contributed by atoms with E-state index >= 15 is 0 Å². The fourth-order valence-corrected chi connectivity index (χ4v) is 2.41. The third kappa shape index (κ3) is 6.36. The predicted molar refractivity (Wildman–Crippen MR) is 74.0 cm³/mol. The lowest BCUT2D eigenvalue weighted by atomic mass is 10.1. The SMILES string of the molecule is CC(C)CCCNCCSc1ccc(F)cc1F. The molecular formula is C14H21F2NS. The van der Waals surface area contributed by atoms with Crippen LogP contribution in [0.25, 0.3) is 0 Å². The first kappa shape index (κ1) is 15.4. The van der Waals surface area contributed by atoms with Gasteiger partial charge in [-0.25, -0.2) is 8.78 Å². The third-order valence-corrected chi connectivity index (χ3v) is 3.62. The van der Waals surface area contributed by atoms with E-state index in [9.17, 15) is 8.78 Å². The number of benzene rings is 1. The highest BCUT2D eigenvalue weighted by atomic mass is 32.2. The number of halogens is 2. The summed E-state index contributed by atoms with van der Waals surface area (Å²) in [4.78, 5) is 0.514. The molecule has 102 valence electrons. The highest BCUT2D eigenvalue weighted by Gasteiger charge is 2.03. The van der Waals surface area contributed by atoms with E-state index in [4.69, 9.17) is 0 Å². The number of hydrogen-bond donors (Lipinski definition) is 1. The molecule has 0 amide bonds. The van der Waals surface area contributed by atoms with Gasteiger partial charge in [0.05, 0.1) is 0 Å². The van der Waals surface area contributed by atoms with Gasteiger partial charge in [-0.1, -0.05) is 13.8 Å². The minimum Gasteiger partial charge on any atom is -0.316 e. The van der Waals surface area contributed by atoms with Crippen LogP contribution in [0.4, 0.5) is 8.78 Å². The topological polar surface area (TPSA) is 12.0 Å². The van der Waals surface area contributed by atoms with Crippen LogP contribution in [0, 0.1) is 17.6 Å². The number of hydrogen-bond acceptors (Lipinski definition) is 2. The van der Waals surface area contributed by atoms with Crippen molar-refractivity contribution in [3.63, 3.8) is 0 Å². The lowest BCUT2D eigenvalue weighted by Crippen LogP contribution is -2.18. The second-order valence-corrected chi connectivity index (χ2v) is 5.85. The molecule has 0 radical (unpaired) electrons. The molecule has 1 N–H and O–H groups in total. The summed E-state index contributed by atoms with van der Waals surface area (Å²) in [5.41, 5.74) is 0. The summed E-state index contributed by atoms with van der Waals surface area (Å²) in [7, 11) is 0. The summed E-state index contributed by atoms with van der Waals surface area (Å²) in [5.74, 6) is 0.544. The van der Waals surface area contributed by atoms with Crippen molar-refractivity contribution < 1.29 is 8.78 Å². The molecule has 0 spiro atoms. The van der Waals surface area contributed by atoms with Crippen LogP contribution in [0.2, 0.25) is 0 Å². The highest BCUT2D eigenvalue weighted by molar-refractivity contribution is 7.99. The normalized spacial score (nSPS) is 11.2. The first-order chi connectivity index (χ1) is 8.59. The van der Waals surface area contributed by atoms with Gasteiger partial charge >= 0.3 is 0 Å². The van der Waals surface area contributed by atoms with Crippen LogP contribution >= 0.6 is 11.8 Å². The molecular weight excluding hydrogens is 252 g/mol. The smallest absolute Gasteiger partial charge is 0.139 e. The molecule has 0 aromatic heterocycles. The van der Waals surface area contributed by atoms with Crippen molar-refractivity contribution in [3.05, 3.63) is 29.8 Å². The summed E-state index contributed by atoms with van der Waals surface area (Å²) in [6.07, 6.45) is 2.40. The zero-order valence-corrected chi connectivity index (χ0v) is 11.8. The molecule has 0 heterocycles. The van der Waals surface area contributed by atoms with Gasteiger partial charge in [0, 0.05) is 23.3 Å². The summed E-state index contributed by atoms with van der Waals surface area (Å²) >= 11 is 1.42. The van der Waals surface area contributed by atoms with Crippen molar-refractivity contribution in [1.82, 2.24) is 5.32 Å². The van der Waals surface area contributed by atoms with Gasteiger partial charge in [0.15, 0.2) is 0 Å². The van der Waals surface area contributed by atoms with Crippen LogP contribution in [0.5, 0.6) is 0 Å². The number of rotatable bonds is 8. The van der Waals surface area contributed by atoms with Crippen LogP contribution < -0.4 is 5.32 Å². The van der Waals surface area contributed by atoms with Crippen molar-refractivity contribution in [2.24, 2.45) is 5.92 Å². The van der Waals surface area contributed by atoms with Gasteiger partial charge in [-0.05, 0) is 37.4 Å². The first-order valence-corrected chi connectivity index (χ1v) is 7.36. The van der Waals surface area contributed by atoms with E-state index in [2.05, 4.69) is 19.2 Å². The van der Waals surface area contributed by atoms with Crippen LogP contribution in [0.15, 0.2) is 23.1 Å². The monoisotopic (exact) mass is 273 g/mol. The number of thioether (sulfide) groups is 1. The van der Waals surface area contributed by atoms with E-state index in [1.54, 1.807) is 0 Å². The van der Waals surface area contributed by atoms with Crippen molar-refractivity contribution in [3.8, 4) is 0 Å². The van der Waals surface area contributed by atoms with Crippen molar-refractivity contribution >= 4 is 11.8 Å². The van der Waals surface area contributed by atoms with E-state index in [1.807, 2.05) is 0 Å². The average molecular weight is 273 g/mol. The Kier molecular flexibility index (Phi) is 7.28. The largest absolute Gasteiger partial charge is 0.316 e. The molecule has 0 bridgehead atoms. The van der Waals surface area contributed by atoms with E-state index in [0.717, 1.165) is 30.8 Å². The summed E-state index contributed by atoms with van der Waals surface area (Å²) in [6.45, 7) is 6.28. The predicted octanol–water partition coefficient (Wildman–Crippen LogP) is 4.08. The second-order valence-electron chi connectivity index (χ2n) is 4.71. The molecule has 0 aliphatic carbocycles. The molecule has 1 rings (SSSR count). The van der Waals surface area contributed by atoms with Crippen molar-refractivity contribution in [2.45, 2.75) is 31.6 Å². The Labute approximate surface area is 112 Å². The molecule has 0 aliphatic rings. The Hall–Kier alpha value is -0.610. The molecule has 0 atom stereocenters. The van der Waals surface area contributed by atoms with Crippen LogP contribution in [-0.4, -0.2) is 18.8 Å². The fourth-order valence-electron chi connectivity index (χ4n) is 1.59. The molecule has 0 unspecified atom stereocenters. The standard InChI is InChI=1S/C14H21F2NS/c1-11(2)4-3-7-17-8-9-18-14-6-5-12(15)10-13(14)16/h5-6,10-11,17H,3-4,7-9H2,1-2H3. The van der Waals surface area contributed by atoms with Crippen LogP contribution in [0.1, 0.15) is 26.7 Å². The molecule has 18 heavy (non-hydrogen) atoms. The maximum atomic E-state index is 13.3. The van der Waals surface area contributed by atoms with Gasteiger partial charge in [0.1, 0.15) is 11.6 Å². The lowest BCUT2D eigenvalue weighted by molar-refractivity contribution is 0.534. The maximum absolute atomic E-state index is 13.3. The number of nitrogens with one attached hydrogen (secondary N) is 1. The van der Waals surface area contributed by atoms with Gasteiger partial charge in [-0.3, -0.25) is 0 Å². The van der Waals surface area contributed by atoms with Gasteiger partial charge < -0.3 is 5.32 Å². The maximum Gasteiger partial charge on any atom is 0.139 e. The van der Waals surface area contributed by atoms with Crippen LogP contribution in [-0.2, 0) is 0 Å². The van der Waals surface area contributed by atoms with Gasteiger partial charge in [-0.2, -0.15) is 0 Å². The van der Waals surface area contributed by atoms with E-state index in [1.165, 1.54) is 36.7 Å². The summed E-state index contributed by atoms with van der Waals surface area (Å²) < 4.78 is 26.0. The van der Waals surface area contributed by atoms with Crippen molar-refractivity contribution in [2.75, 3.05) is 18.8 Å². The minimum atomic E-state index is -0.524. The lowest BCUT2D eigenvalue weighted by Gasteiger charge is -2.07. The van der Waals surface area contributed by atoms with Gasteiger partial charge in [0.25, 0.3) is 0 Å². The van der Waals surface area contributed by atoms with E-state index in [-0.39, 0.29) is 0 Å². The molecule has 0 fully saturated rings. The third-order valence-electron chi connectivity index (χ3n) is 2.57. The van der Waals surface area contributed by atoms with E-state index < -0.39 is 11.6 Å². The van der Waals surface area contributed by atoms with Gasteiger partial charge in [0.2, 0.25) is 0 Å². The molecule has 4 heteroatoms. The van der Waals surface area contributed by atoms with Crippen molar-refractivity contribution in [1.29, 1.82) is 0 Å². The first-order valence-electron chi connectivity index (χ1n) is 6.38. The van der Waals surface area contributed by atoms with E-state index in [0.29, 0.717) is 4.90 Å². The van der Waals surface area contributed by atoms with Gasteiger partial charge in [-0.15, -0.1) is 11.8 Å². The molecule has 0 saturated carbocycles. The Morgan fingerprint density at radius 1 is 1.22 bits per heavy atom. The molecule has 1 nitrogen and oxygen atoms in total. The highest BCUT2D eigenvalue weighted by Crippen LogP contribution is 2.21. The Bertz CT molecular complexity index is 356. The molecule has 0 aliphatic heterocycles. The Balaban J connectivity index is 2.11. The second kappa shape index (κ2) is 8.48. The summed E-state index contributed by atoms with van der Waals surface area (Å²) in [6, 6.07) is 3.72. The molecule has 0 saturated heterocycles. The zero-order chi connectivity index (χ0) is 13.4. The summed E-state index contributed by atoms with van der Waals surface area (Å²) in [5, 5.41) is 3.32. The minimum absolute atomic E-state index is 0.472. The fraction of sp³-hybridized carbons (Fsp3) is 0.571. The molecule has 1 aromatic carbocycles. The average Bonchev–Trinajstić information content (AvgIpc) is 2.30. The quantitative estimate of drug-likeness (QED) is 0.566. The zero-order valence-electron chi connectivity index (χ0n) is 11.0. The molecule has 1 aromatic rings. The Morgan fingerprint density at radius 2 is 2.00 bits per heavy atom. The van der Waals surface area contributed by atoms with Crippen LogP contribution in [0.3, 0.4) is 0 Å². The Morgan fingerprint density at radius 3 is 2.67 bits per heavy atom.